The quantitative estimate of drug-likeness (QED) is 0.171. The van der Waals surface area contributed by atoms with E-state index in [0.717, 1.165) is 40.7 Å². The second-order valence-electron chi connectivity index (χ2n) is 8.18. The third-order valence-electron chi connectivity index (χ3n) is 5.21. The van der Waals surface area contributed by atoms with Gasteiger partial charge in [-0.1, -0.05) is 35.6 Å². The number of aromatic nitrogens is 2. The van der Waals surface area contributed by atoms with Gasteiger partial charge in [-0.3, -0.25) is 15.0 Å². The minimum atomic E-state index is -0.376. The first-order chi connectivity index (χ1) is 18.3. The number of amidine groups is 1. The Kier molecular flexibility index (Phi) is 11.2. The third-order valence-corrected chi connectivity index (χ3v) is 6.86. The SMILES string of the molecule is COc1cccc(CC(=O)N=C(N)SC(=N)CCCCc2nnc(NC(=O)Cc3cccc(OC)c3)s2)c1. The molecule has 2 aromatic carbocycles. The molecule has 0 aliphatic rings. The lowest BCUT2D eigenvalue weighted by Crippen LogP contribution is -2.14. The predicted octanol–water partition coefficient (Wildman–Crippen LogP) is 4.24. The number of hydrogen-bond donors (Lipinski definition) is 3. The molecule has 2 amide bonds. The molecule has 0 radical (unpaired) electrons. The lowest BCUT2D eigenvalue weighted by atomic mass is 10.1. The second kappa shape index (κ2) is 14.8. The third kappa shape index (κ3) is 9.94. The minimum Gasteiger partial charge on any atom is -0.497 e. The molecule has 1 aromatic heterocycles. The molecule has 200 valence electrons. The van der Waals surface area contributed by atoms with E-state index >= 15 is 0 Å². The van der Waals surface area contributed by atoms with E-state index in [1.807, 2.05) is 30.3 Å². The van der Waals surface area contributed by atoms with Crippen molar-refractivity contribution in [2.24, 2.45) is 10.7 Å². The van der Waals surface area contributed by atoms with Crippen LogP contribution in [0.3, 0.4) is 0 Å². The molecule has 10 nitrogen and oxygen atoms in total. The molecule has 0 aliphatic carbocycles. The number of hydrogen-bond acceptors (Lipinski definition) is 9. The number of benzene rings is 2. The monoisotopic (exact) mass is 554 g/mol. The Bertz CT molecular complexity index is 1290. The highest BCUT2D eigenvalue weighted by molar-refractivity contribution is 8.26. The highest BCUT2D eigenvalue weighted by Crippen LogP contribution is 2.20. The Morgan fingerprint density at radius 3 is 2.34 bits per heavy atom. The summed E-state index contributed by atoms with van der Waals surface area (Å²) in [4.78, 5) is 28.4. The van der Waals surface area contributed by atoms with E-state index in [4.69, 9.17) is 20.6 Å². The number of carbonyl (C=O) groups is 2. The van der Waals surface area contributed by atoms with Crippen LogP contribution in [0.5, 0.6) is 11.5 Å². The zero-order valence-electron chi connectivity index (χ0n) is 21.2. The first-order valence-corrected chi connectivity index (χ1v) is 13.5. The number of unbranched alkanes of at least 4 members (excludes halogenated alkanes) is 1. The number of aryl methyl sites for hydroxylation is 1. The van der Waals surface area contributed by atoms with Gasteiger partial charge in [-0.05, 0) is 66.4 Å². The molecule has 0 saturated heterocycles. The normalized spacial score (nSPS) is 11.2. The van der Waals surface area contributed by atoms with Crippen LogP contribution < -0.4 is 20.5 Å². The van der Waals surface area contributed by atoms with Crippen LogP contribution in [0.1, 0.15) is 35.4 Å². The van der Waals surface area contributed by atoms with Crippen LogP contribution in [0.15, 0.2) is 53.5 Å². The molecular weight excluding hydrogens is 524 g/mol. The van der Waals surface area contributed by atoms with Crippen molar-refractivity contribution in [1.29, 1.82) is 5.41 Å². The molecule has 4 N–H and O–H groups in total. The van der Waals surface area contributed by atoms with Crippen molar-refractivity contribution in [2.75, 3.05) is 19.5 Å². The lowest BCUT2D eigenvalue weighted by molar-refractivity contribution is -0.117. The number of methoxy groups -OCH3 is 2. The summed E-state index contributed by atoms with van der Waals surface area (Å²) in [6.07, 6.45) is 3.05. The summed E-state index contributed by atoms with van der Waals surface area (Å²) in [5.41, 5.74) is 7.48. The topological polar surface area (TPSA) is 153 Å². The molecule has 3 aromatic rings. The summed E-state index contributed by atoms with van der Waals surface area (Å²) in [7, 11) is 3.15. The summed E-state index contributed by atoms with van der Waals surface area (Å²) in [6.45, 7) is 0. The number of nitrogens with zero attached hydrogens (tertiary/aromatic N) is 3. The second-order valence-corrected chi connectivity index (χ2v) is 10.4. The smallest absolute Gasteiger partial charge is 0.252 e. The Morgan fingerprint density at radius 1 is 1.03 bits per heavy atom. The van der Waals surface area contributed by atoms with Gasteiger partial charge >= 0.3 is 0 Å². The van der Waals surface area contributed by atoms with E-state index in [0.29, 0.717) is 34.5 Å². The molecule has 0 saturated carbocycles. The molecule has 0 atom stereocenters. The average molecular weight is 555 g/mol. The maximum absolute atomic E-state index is 12.3. The van der Waals surface area contributed by atoms with E-state index in [2.05, 4.69) is 20.5 Å². The van der Waals surface area contributed by atoms with Crippen molar-refractivity contribution >= 4 is 50.3 Å². The van der Waals surface area contributed by atoms with Gasteiger partial charge in [0.1, 0.15) is 16.5 Å². The minimum absolute atomic E-state index is 0.0568. The number of nitrogens with two attached hydrogens (primary N) is 1. The molecule has 0 aliphatic heterocycles. The molecule has 0 fully saturated rings. The van der Waals surface area contributed by atoms with Gasteiger partial charge in [0.25, 0.3) is 5.91 Å². The molecule has 0 bridgehead atoms. The van der Waals surface area contributed by atoms with Crippen molar-refractivity contribution in [3.05, 3.63) is 64.7 Å². The van der Waals surface area contributed by atoms with Crippen LogP contribution in [-0.4, -0.2) is 46.4 Å². The van der Waals surface area contributed by atoms with E-state index in [-0.39, 0.29) is 29.8 Å². The van der Waals surface area contributed by atoms with E-state index in [1.54, 1.807) is 32.4 Å². The first-order valence-electron chi connectivity index (χ1n) is 11.8. The fourth-order valence-electron chi connectivity index (χ4n) is 3.42. The van der Waals surface area contributed by atoms with Crippen molar-refractivity contribution in [3.63, 3.8) is 0 Å². The standard InChI is InChI=1S/C26H30N6O4S2/c1-35-19-9-5-7-17(13-19)15-22(33)29-25(28)37-21(27)11-3-4-12-24-31-32-26(38-24)30-23(34)16-18-8-6-10-20(14-18)36-2/h5-10,13-14,27H,3-4,11-12,15-16H2,1-2H3,(H2,28,29,33)(H,30,32,34). The van der Waals surface area contributed by atoms with Crippen LogP contribution in [0, 0.1) is 5.41 Å². The van der Waals surface area contributed by atoms with Gasteiger partial charge in [-0.2, -0.15) is 4.99 Å². The maximum atomic E-state index is 12.3. The summed E-state index contributed by atoms with van der Waals surface area (Å²) in [5.74, 6) is 0.821. The van der Waals surface area contributed by atoms with E-state index in [1.165, 1.54) is 11.3 Å². The number of aliphatic imine (C=N–C) groups is 1. The largest absolute Gasteiger partial charge is 0.497 e. The maximum Gasteiger partial charge on any atom is 0.252 e. The fraction of sp³-hybridized carbons (Fsp3) is 0.308. The molecule has 1 heterocycles. The van der Waals surface area contributed by atoms with Crippen LogP contribution in [0.2, 0.25) is 0 Å². The summed E-state index contributed by atoms with van der Waals surface area (Å²) in [6, 6.07) is 14.6. The van der Waals surface area contributed by atoms with Gasteiger partial charge in [0.2, 0.25) is 11.0 Å². The Labute approximate surface area is 229 Å². The zero-order chi connectivity index (χ0) is 27.3. The fourth-order valence-corrected chi connectivity index (χ4v) is 4.86. The number of carbonyl (C=O) groups excluding carboxylic acids is 2. The van der Waals surface area contributed by atoms with E-state index in [9.17, 15) is 9.59 Å². The molecular formula is C26H30N6O4S2. The Morgan fingerprint density at radius 2 is 1.68 bits per heavy atom. The highest BCUT2D eigenvalue weighted by Gasteiger charge is 2.11. The lowest BCUT2D eigenvalue weighted by Gasteiger charge is -2.04. The first kappa shape index (κ1) is 28.8. The predicted molar refractivity (Wildman–Crippen MR) is 151 cm³/mol. The molecule has 0 unspecified atom stereocenters. The number of ether oxygens (including phenoxy) is 2. The van der Waals surface area contributed by atoms with E-state index < -0.39 is 0 Å². The number of nitrogens with one attached hydrogen (secondary N) is 2. The van der Waals surface area contributed by atoms with Crippen molar-refractivity contribution in [2.45, 2.75) is 38.5 Å². The van der Waals surface area contributed by atoms with Crippen molar-refractivity contribution < 1.29 is 19.1 Å². The molecule has 12 heteroatoms. The van der Waals surface area contributed by atoms with Crippen LogP contribution in [0.4, 0.5) is 5.13 Å². The Balaban J connectivity index is 1.34. The zero-order valence-corrected chi connectivity index (χ0v) is 22.9. The summed E-state index contributed by atoms with van der Waals surface area (Å²) >= 11 is 2.33. The van der Waals surface area contributed by atoms with Gasteiger partial charge in [0, 0.05) is 6.42 Å². The summed E-state index contributed by atoms with van der Waals surface area (Å²) in [5, 5.41) is 20.7. The van der Waals surface area contributed by atoms with Crippen molar-refractivity contribution in [3.8, 4) is 11.5 Å². The van der Waals surface area contributed by atoms with Gasteiger partial charge in [-0.25, -0.2) is 0 Å². The van der Waals surface area contributed by atoms with Crippen molar-refractivity contribution in [1.82, 2.24) is 10.2 Å². The highest BCUT2D eigenvalue weighted by atomic mass is 32.2. The van der Waals surface area contributed by atoms with Crippen LogP contribution in [-0.2, 0) is 28.9 Å². The van der Waals surface area contributed by atoms with Gasteiger partial charge < -0.3 is 20.5 Å². The van der Waals surface area contributed by atoms with Gasteiger partial charge in [0.05, 0.1) is 32.1 Å². The number of anilines is 1. The molecule has 38 heavy (non-hydrogen) atoms. The number of thioether (sulfide) groups is 1. The molecule has 3 rings (SSSR count). The van der Waals surface area contributed by atoms with Crippen LogP contribution >= 0.6 is 23.1 Å². The van der Waals surface area contributed by atoms with Gasteiger partial charge in [0.15, 0.2) is 5.17 Å². The summed E-state index contributed by atoms with van der Waals surface area (Å²) < 4.78 is 10.3. The number of amides is 2. The molecule has 0 spiro atoms. The average Bonchev–Trinajstić information content (AvgIpc) is 3.33. The van der Waals surface area contributed by atoms with Crippen LogP contribution in [0.25, 0.3) is 0 Å². The Hall–Kier alpha value is -3.77. The number of rotatable bonds is 12. The van der Waals surface area contributed by atoms with Gasteiger partial charge in [-0.15, -0.1) is 10.2 Å².